The fraction of sp³-hybridized carbons (Fsp3) is 0.500. The maximum Gasteiger partial charge on any atom is 0.259 e. The highest BCUT2D eigenvalue weighted by Crippen LogP contribution is 2.30. The van der Waals surface area contributed by atoms with E-state index in [0.29, 0.717) is 36.4 Å². The second-order valence-electron chi connectivity index (χ2n) is 6.09. The van der Waals surface area contributed by atoms with E-state index in [4.69, 9.17) is 4.52 Å². The minimum Gasteiger partial charge on any atom is -0.361 e. The van der Waals surface area contributed by atoms with E-state index in [2.05, 4.69) is 15.6 Å². The molecule has 0 bridgehead atoms. The summed E-state index contributed by atoms with van der Waals surface area (Å²) in [5.74, 6) is 0.182. The Morgan fingerprint density at radius 3 is 2.75 bits per heavy atom. The number of nitrogens with one attached hydrogen (secondary N) is 1. The molecule has 24 heavy (non-hydrogen) atoms. The largest absolute Gasteiger partial charge is 0.361 e. The zero-order valence-corrected chi connectivity index (χ0v) is 14.1. The summed E-state index contributed by atoms with van der Waals surface area (Å²) in [6, 6.07) is 1.78. The molecule has 1 atom stereocenters. The highest BCUT2D eigenvalue weighted by Gasteiger charge is 2.45. The Balaban J connectivity index is 1.95. The number of aryl methyl sites for hydroxylation is 2. The number of hydrogen-bond donors (Lipinski definition) is 1. The lowest BCUT2D eigenvalue weighted by atomic mass is 9.87. The van der Waals surface area contributed by atoms with E-state index in [0.717, 1.165) is 0 Å². The summed E-state index contributed by atoms with van der Waals surface area (Å²) in [5.41, 5.74) is 0.140. The summed E-state index contributed by atoms with van der Waals surface area (Å²) < 4.78 is 6.76. The molecule has 0 aromatic carbocycles. The summed E-state index contributed by atoms with van der Waals surface area (Å²) in [6.07, 6.45) is 4.74. The number of rotatable bonds is 3. The SMILES string of the molecule is CNC(=O)C1(n2cccn2)CCCN(C(=O)c2c(C)noc2C)C1. The molecule has 1 aliphatic rings. The van der Waals surface area contributed by atoms with Crippen molar-refractivity contribution in [1.82, 2.24) is 25.2 Å². The third-order valence-corrected chi connectivity index (χ3v) is 4.60. The van der Waals surface area contributed by atoms with Gasteiger partial charge in [0, 0.05) is 26.0 Å². The van der Waals surface area contributed by atoms with Gasteiger partial charge in [-0.2, -0.15) is 5.10 Å². The Bertz CT molecular complexity index is 732. The quantitative estimate of drug-likeness (QED) is 0.900. The van der Waals surface area contributed by atoms with E-state index in [1.54, 1.807) is 48.9 Å². The lowest BCUT2D eigenvalue weighted by Crippen LogP contribution is -2.59. The smallest absolute Gasteiger partial charge is 0.259 e. The zero-order chi connectivity index (χ0) is 17.3. The van der Waals surface area contributed by atoms with Crippen molar-refractivity contribution in [3.63, 3.8) is 0 Å². The van der Waals surface area contributed by atoms with Gasteiger partial charge in [-0.3, -0.25) is 14.3 Å². The number of hydrogen-bond acceptors (Lipinski definition) is 5. The highest BCUT2D eigenvalue weighted by atomic mass is 16.5. The van der Waals surface area contributed by atoms with E-state index >= 15 is 0 Å². The van der Waals surface area contributed by atoms with Gasteiger partial charge in [0.1, 0.15) is 11.3 Å². The average molecular weight is 331 g/mol. The number of aromatic nitrogens is 3. The topological polar surface area (TPSA) is 93.3 Å². The third kappa shape index (κ3) is 2.47. The molecule has 128 valence electrons. The van der Waals surface area contributed by atoms with Gasteiger partial charge in [0.15, 0.2) is 5.54 Å². The Morgan fingerprint density at radius 2 is 2.17 bits per heavy atom. The highest BCUT2D eigenvalue weighted by molar-refractivity contribution is 5.97. The molecule has 1 fully saturated rings. The predicted octanol–water partition coefficient (Wildman–Crippen LogP) is 0.865. The van der Waals surface area contributed by atoms with Crippen LogP contribution in [0.2, 0.25) is 0 Å². The lowest BCUT2D eigenvalue weighted by Gasteiger charge is -2.41. The van der Waals surface area contributed by atoms with Gasteiger partial charge < -0.3 is 14.7 Å². The maximum absolute atomic E-state index is 12.9. The Hall–Kier alpha value is -2.64. The van der Waals surface area contributed by atoms with E-state index in [1.807, 2.05) is 0 Å². The van der Waals surface area contributed by atoms with Gasteiger partial charge in [0.05, 0.1) is 12.2 Å². The number of likely N-dealkylation sites (tertiary alicyclic amines) is 1. The molecule has 8 nitrogen and oxygen atoms in total. The van der Waals surface area contributed by atoms with Crippen LogP contribution in [0.4, 0.5) is 0 Å². The summed E-state index contributed by atoms with van der Waals surface area (Å²) in [7, 11) is 1.60. The molecule has 2 amide bonds. The molecule has 0 saturated carbocycles. The van der Waals surface area contributed by atoms with Crippen LogP contribution in [0.1, 0.15) is 34.7 Å². The first-order valence-electron chi connectivity index (χ1n) is 7.94. The van der Waals surface area contributed by atoms with Crippen LogP contribution < -0.4 is 5.32 Å². The van der Waals surface area contributed by atoms with Crippen molar-refractivity contribution in [2.45, 2.75) is 32.2 Å². The molecular formula is C16H21N5O3. The molecule has 8 heteroatoms. The van der Waals surface area contributed by atoms with Gasteiger partial charge in [-0.05, 0) is 32.8 Å². The molecule has 0 aliphatic carbocycles. The number of carbonyl (C=O) groups excluding carboxylic acids is 2. The van der Waals surface area contributed by atoms with Gasteiger partial charge in [-0.15, -0.1) is 0 Å². The Morgan fingerprint density at radius 1 is 1.38 bits per heavy atom. The van der Waals surface area contributed by atoms with Crippen LogP contribution in [0.3, 0.4) is 0 Å². The molecule has 3 rings (SSSR count). The first kappa shape index (κ1) is 16.2. The fourth-order valence-corrected chi connectivity index (χ4v) is 3.39. The second-order valence-corrected chi connectivity index (χ2v) is 6.09. The third-order valence-electron chi connectivity index (χ3n) is 4.60. The van der Waals surface area contributed by atoms with Crippen LogP contribution in [-0.4, -0.2) is 51.8 Å². The van der Waals surface area contributed by atoms with Crippen molar-refractivity contribution in [3.8, 4) is 0 Å². The molecule has 1 saturated heterocycles. The van der Waals surface area contributed by atoms with E-state index in [-0.39, 0.29) is 18.4 Å². The van der Waals surface area contributed by atoms with E-state index in [1.165, 1.54) is 0 Å². The van der Waals surface area contributed by atoms with Crippen LogP contribution in [0.5, 0.6) is 0 Å². The normalized spacial score (nSPS) is 20.9. The number of nitrogens with zero attached hydrogens (tertiary/aromatic N) is 4. The van der Waals surface area contributed by atoms with Crippen LogP contribution in [-0.2, 0) is 10.3 Å². The van der Waals surface area contributed by atoms with Crippen molar-refractivity contribution < 1.29 is 14.1 Å². The number of likely N-dealkylation sites (N-methyl/N-ethyl adjacent to an activating group) is 1. The first-order valence-corrected chi connectivity index (χ1v) is 7.94. The van der Waals surface area contributed by atoms with Gasteiger partial charge >= 0.3 is 0 Å². The minimum atomic E-state index is -0.898. The predicted molar refractivity (Wildman–Crippen MR) is 85.4 cm³/mol. The van der Waals surface area contributed by atoms with Crippen molar-refractivity contribution in [3.05, 3.63) is 35.5 Å². The Kier molecular flexibility index (Phi) is 4.13. The maximum atomic E-state index is 12.9. The summed E-state index contributed by atoms with van der Waals surface area (Å²) in [4.78, 5) is 27.3. The minimum absolute atomic E-state index is 0.150. The standard InChI is InChI=1S/C16H21N5O3/c1-11-13(12(2)24-19-11)14(22)20-8-4-6-16(10-20,15(23)17-3)21-9-5-7-18-21/h5,7,9H,4,6,8,10H2,1-3H3,(H,17,23). The molecule has 0 radical (unpaired) electrons. The van der Waals surface area contributed by atoms with Crippen molar-refractivity contribution in [2.24, 2.45) is 0 Å². The first-order chi connectivity index (χ1) is 11.5. The molecule has 0 spiro atoms. The summed E-state index contributed by atoms with van der Waals surface area (Å²) in [5, 5.41) is 10.8. The van der Waals surface area contributed by atoms with Crippen molar-refractivity contribution >= 4 is 11.8 Å². The van der Waals surface area contributed by atoms with Crippen LogP contribution in [0.15, 0.2) is 23.0 Å². The molecule has 3 heterocycles. The van der Waals surface area contributed by atoms with Crippen molar-refractivity contribution in [1.29, 1.82) is 0 Å². The average Bonchev–Trinajstić information content (AvgIpc) is 3.24. The molecule has 1 unspecified atom stereocenters. The lowest BCUT2D eigenvalue weighted by molar-refractivity contribution is -0.132. The number of piperidine rings is 1. The fourth-order valence-electron chi connectivity index (χ4n) is 3.39. The number of amides is 2. The molecular weight excluding hydrogens is 310 g/mol. The molecule has 1 aliphatic heterocycles. The summed E-state index contributed by atoms with van der Waals surface area (Å²) in [6.45, 7) is 4.31. The molecule has 2 aromatic heterocycles. The second kappa shape index (κ2) is 6.10. The number of carbonyl (C=O) groups is 2. The van der Waals surface area contributed by atoms with Gasteiger partial charge in [-0.1, -0.05) is 5.16 Å². The van der Waals surface area contributed by atoms with Crippen LogP contribution in [0.25, 0.3) is 0 Å². The zero-order valence-electron chi connectivity index (χ0n) is 14.1. The van der Waals surface area contributed by atoms with Crippen LogP contribution in [0, 0.1) is 13.8 Å². The van der Waals surface area contributed by atoms with Crippen LogP contribution >= 0.6 is 0 Å². The van der Waals surface area contributed by atoms with Crippen molar-refractivity contribution in [2.75, 3.05) is 20.1 Å². The monoisotopic (exact) mass is 331 g/mol. The Labute approximate surface area is 139 Å². The van der Waals surface area contributed by atoms with Gasteiger partial charge in [0.2, 0.25) is 5.91 Å². The van der Waals surface area contributed by atoms with Gasteiger partial charge in [0.25, 0.3) is 5.91 Å². The summed E-state index contributed by atoms with van der Waals surface area (Å²) >= 11 is 0. The van der Waals surface area contributed by atoms with Gasteiger partial charge in [-0.25, -0.2) is 0 Å². The molecule has 1 N–H and O–H groups in total. The van der Waals surface area contributed by atoms with E-state index in [9.17, 15) is 9.59 Å². The molecule has 2 aromatic rings. The van der Waals surface area contributed by atoms with E-state index < -0.39 is 5.54 Å².